The van der Waals surface area contributed by atoms with Crippen molar-refractivity contribution in [3.05, 3.63) is 107 Å². The van der Waals surface area contributed by atoms with Gasteiger partial charge >= 0.3 is 5.97 Å². The number of para-hydroxylation sites is 1. The molecule has 0 saturated carbocycles. The van der Waals surface area contributed by atoms with Crippen molar-refractivity contribution < 1.29 is 28.5 Å². The molecule has 0 aliphatic carbocycles. The molecule has 0 radical (unpaired) electrons. The Morgan fingerprint density at radius 1 is 0.982 bits per heavy atom. The summed E-state index contributed by atoms with van der Waals surface area (Å²) < 4.78 is 34.8. The van der Waals surface area contributed by atoms with Gasteiger partial charge in [-0.2, -0.15) is 5.10 Å². The Morgan fingerprint density at radius 3 is 2.50 bits per heavy atom. The summed E-state index contributed by atoms with van der Waals surface area (Å²) in [6, 6.07) is 19.4. The smallest absolute Gasteiger partial charge is 0.345 e. The van der Waals surface area contributed by atoms with Crippen LogP contribution in [0.25, 0.3) is 31.8 Å². The third kappa shape index (κ3) is 8.66. The number of aromatic nitrogens is 4. The van der Waals surface area contributed by atoms with E-state index in [-0.39, 0.29) is 30.8 Å². The van der Waals surface area contributed by atoms with Gasteiger partial charge in [-0.05, 0) is 80.4 Å². The molecule has 7 rings (SSSR count). The lowest BCUT2D eigenvalue weighted by Gasteiger charge is -2.32. The number of hydrogen-bond acceptors (Lipinski definition) is 10. The number of fused-ring (bicyclic) bond motifs is 1. The van der Waals surface area contributed by atoms with E-state index in [9.17, 15) is 14.3 Å². The number of carboxylic acids is 1. The molecule has 0 amide bonds. The molecule has 3 aromatic heterocycles. The second-order valence-electron chi connectivity index (χ2n) is 14.1. The van der Waals surface area contributed by atoms with Crippen LogP contribution in [0.2, 0.25) is 5.02 Å². The van der Waals surface area contributed by atoms with Crippen molar-refractivity contribution in [1.29, 1.82) is 0 Å². The van der Waals surface area contributed by atoms with Gasteiger partial charge in [-0.3, -0.25) is 9.58 Å². The highest BCUT2D eigenvalue weighted by Gasteiger charge is 2.28. The van der Waals surface area contributed by atoms with Crippen LogP contribution in [0, 0.1) is 12.7 Å². The number of benzene rings is 3. The monoisotopic (exact) mass is 798 g/mol. The third-order valence-corrected chi connectivity index (χ3v) is 11.6. The Bertz CT molecular complexity index is 2310. The molecule has 3 aromatic carbocycles. The summed E-state index contributed by atoms with van der Waals surface area (Å²) in [7, 11) is 2.13. The summed E-state index contributed by atoms with van der Waals surface area (Å²) in [5.74, 6) is -0.325. The standard InChI is InChI=1S/C42H44ClFN6O5S/c1-26(2)50-31(15-16-47-50)24-54-33-8-6-5-7-29(33)23-35(42(51)52)55-40-37-36(39(56-41(37)46-25-45-40)28-9-11-30(44)12-10-28)32-13-14-34(38(43)27(32)3)53-22-21-49-19-17-48(4)18-20-49/h5-16,25-26,35H,17-24H2,1-4H3,(H,51,52)/t35-/m1/s1. The Balaban J connectivity index is 1.21. The predicted molar refractivity (Wildman–Crippen MR) is 217 cm³/mol. The van der Waals surface area contributed by atoms with Crippen LogP contribution in [-0.4, -0.2) is 93.1 Å². The highest BCUT2D eigenvalue weighted by Crippen LogP contribution is 2.49. The summed E-state index contributed by atoms with van der Waals surface area (Å²) in [5, 5.41) is 15.9. The average Bonchev–Trinajstić information content (AvgIpc) is 3.83. The minimum Gasteiger partial charge on any atom is -0.491 e. The van der Waals surface area contributed by atoms with Crippen LogP contribution in [0.4, 0.5) is 4.39 Å². The number of halogens is 2. The Kier molecular flexibility index (Phi) is 12.2. The Hall–Kier alpha value is -5.08. The van der Waals surface area contributed by atoms with E-state index in [1.54, 1.807) is 18.3 Å². The number of rotatable bonds is 15. The first-order valence-corrected chi connectivity index (χ1v) is 19.8. The number of aliphatic carboxylic acids is 1. The van der Waals surface area contributed by atoms with E-state index >= 15 is 0 Å². The van der Waals surface area contributed by atoms with Gasteiger partial charge in [-0.1, -0.05) is 48.0 Å². The van der Waals surface area contributed by atoms with E-state index in [1.807, 2.05) is 67.9 Å². The molecule has 0 spiro atoms. The molecular formula is C42H44ClFN6O5S. The van der Waals surface area contributed by atoms with Crippen LogP contribution >= 0.6 is 22.9 Å². The molecule has 11 nitrogen and oxygen atoms in total. The Morgan fingerprint density at radius 2 is 1.75 bits per heavy atom. The van der Waals surface area contributed by atoms with Gasteiger partial charge in [-0.25, -0.2) is 19.2 Å². The maximum absolute atomic E-state index is 14.1. The molecule has 1 atom stereocenters. The van der Waals surface area contributed by atoms with Gasteiger partial charge in [0.15, 0.2) is 0 Å². The lowest BCUT2D eigenvalue weighted by atomic mass is 9.96. The predicted octanol–water partition coefficient (Wildman–Crippen LogP) is 8.18. The van der Waals surface area contributed by atoms with Crippen LogP contribution in [-0.2, 0) is 17.8 Å². The van der Waals surface area contributed by atoms with E-state index in [0.717, 1.165) is 60.0 Å². The number of nitrogens with zero attached hydrogens (tertiary/aromatic N) is 6. The fourth-order valence-corrected chi connectivity index (χ4v) is 8.23. The van der Waals surface area contributed by atoms with Crippen molar-refractivity contribution in [2.24, 2.45) is 0 Å². The SMILES string of the molecule is Cc1c(-c2c(-c3ccc(F)cc3)sc3ncnc(O[C@H](Cc4ccccc4OCc4ccnn4C(C)C)C(=O)O)c23)ccc(OCCN2CCN(C)CC2)c1Cl. The first-order valence-electron chi connectivity index (χ1n) is 18.6. The van der Waals surface area contributed by atoms with Gasteiger partial charge in [0, 0.05) is 61.8 Å². The van der Waals surface area contributed by atoms with E-state index in [0.29, 0.717) is 44.5 Å². The van der Waals surface area contributed by atoms with Crippen molar-refractivity contribution in [1.82, 2.24) is 29.5 Å². The number of ether oxygens (including phenoxy) is 3. The average molecular weight is 799 g/mol. The zero-order valence-corrected chi connectivity index (χ0v) is 33.3. The fraction of sp³-hybridized carbons (Fsp3) is 0.333. The molecule has 14 heteroatoms. The minimum absolute atomic E-state index is 0.00421. The summed E-state index contributed by atoms with van der Waals surface area (Å²) in [4.78, 5) is 28.0. The number of thiophene rings is 1. The van der Waals surface area contributed by atoms with Crippen LogP contribution in [0.15, 0.2) is 79.3 Å². The quantitative estimate of drug-likeness (QED) is 0.109. The molecular weight excluding hydrogens is 755 g/mol. The maximum atomic E-state index is 14.1. The van der Waals surface area contributed by atoms with E-state index in [1.165, 1.54) is 29.8 Å². The highest BCUT2D eigenvalue weighted by molar-refractivity contribution is 7.22. The van der Waals surface area contributed by atoms with Gasteiger partial charge in [0.2, 0.25) is 12.0 Å². The lowest BCUT2D eigenvalue weighted by molar-refractivity contribution is -0.145. The molecule has 1 N–H and O–H groups in total. The molecule has 1 saturated heterocycles. The molecule has 1 aliphatic heterocycles. The Labute approximate surface area is 334 Å². The summed E-state index contributed by atoms with van der Waals surface area (Å²) in [6.07, 6.45) is 1.75. The van der Waals surface area contributed by atoms with Crippen LogP contribution in [0.3, 0.4) is 0 Å². The van der Waals surface area contributed by atoms with Crippen molar-refractivity contribution in [3.8, 4) is 38.9 Å². The molecule has 4 heterocycles. The second kappa shape index (κ2) is 17.4. The van der Waals surface area contributed by atoms with E-state index in [2.05, 4.69) is 31.9 Å². The van der Waals surface area contributed by atoms with Crippen molar-refractivity contribution in [3.63, 3.8) is 0 Å². The van der Waals surface area contributed by atoms with Crippen molar-refractivity contribution >= 4 is 39.1 Å². The van der Waals surface area contributed by atoms with Gasteiger partial charge in [0.25, 0.3) is 0 Å². The number of carbonyl (C=O) groups is 1. The number of carboxylic acid groups (broad SMARTS) is 1. The van der Waals surface area contributed by atoms with Gasteiger partial charge < -0.3 is 24.2 Å². The van der Waals surface area contributed by atoms with Crippen LogP contribution < -0.4 is 14.2 Å². The number of piperazine rings is 1. The van der Waals surface area contributed by atoms with Gasteiger partial charge in [0.05, 0.1) is 16.1 Å². The minimum atomic E-state index is -1.33. The normalized spacial score (nSPS) is 14.3. The van der Waals surface area contributed by atoms with Crippen molar-refractivity contribution in [2.45, 2.75) is 45.9 Å². The van der Waals surface area contributed by atoms with Gasteiger partial charge in [-0.15, -0.1) is 11.3 Å². The third-order valence-electron chi connectivity index (χ3n) is 9.97. The molecule has 6 aromatic rings. The summed E-state index contributed by atoms with van der Waals surface area (Å²) in [6.45, 7) is 11.6. The lowest BCUT2D eigenvalue weighted by Crippen LogP contribution is -2.45. The van der Waals surface area contributed by atoms with Crippen molar-refractivity contribution in [2.75, 3.05) is 46.4 Å². The van der Waals surface area contributed by atoms with Crippen LogP contribution in [0.1, 0.15) is 36.7 Å². The molecule has 0 bridgehead atoms. The fourth-order valence-electron chi connectivity index (χ4n) is 6.86. The van der Waals surface area contributed by atoms with E-state index in [4.69, 9.17) is 25.8 Å². The highest BCUT2D eigenvalue weighted by atomic mass is 35.5. The first kappa shape index (κ1) is 39.2. The molecule has 1 aliphatic rings. The molecule has 0 unspecified atom stereocenters. The zero-order chi connectivity index (χ0) is 39.3. The molecule has 1 fully saturated rings. The largest absolute Gasteiger partial charge is 0.491 e. The summed E-state index contributed by atoms with van der Waals surface area (Å²) in [5.41, 5.74) is 4.51. The zero-order valence-electron chi connectivity index (χ0n) is 31.7. The maximum Gasteiger partial charge on any atom is 0.345 e. The topological polar surface area (TPSA) is 115 Å². The van der Waals surface area contributed by atoms with E-state index < -0.39 is 12.1 Å². The molecule has 292 valence electrons. The first-order chi connectivity index (χ1) is 27.1. The number of hydrogen-bond donors (Lipinski definition) is 1. The number of likely N-dealkylation sites (N-methyl/N-ethyl adjacent to an activating group) is 1. The summed E-state index contributed by atoms with van der Waals surface area (Å²) >= 11 is 8.41. The van der Waals surface area contributed by atoms with Crippen LogP contribution in [0.5, 0.6) is 17.4 Å². The molecule has 56 heavy (non-hydrogen) atoms. The second-order valence-corrected chi connectivity index (χ2v) is 15.5. The van der Waals surface area contributed by atoms with Gasteiger partial charge in [0.1, 0.15) is 41.7 Å².